The zero-order valence-electron chi connectivity index (χ0n) is 6.65. The molecule has 2 rings (SSSR count). The van der Waals surface area contributed by atoms with Gasteiger partial charge in [-0.1, -0.05) is 12.1 Å². The van der Waals surface area contributed by atoms with E-state index in [9.17, 15) is 9.59 Å². The van der Waals surface area contributed by atoms with Gasteiger partial charge in [0.25, 0.3) is 11.8 Å². The fourth-order valence-corrected chi connectivity index (χ4v) is 1.12. The van der Waals surface area contributed by atoms with Crippen molar-refractivity contribution in [1.82, 2.24) is 5.32 Å². The molecule has 0 radical (unpaired) electrons. The summed E-state index contributed by atoms with van der Waals surface area (Å²) >= 11 is 0. The van der Waals surface area contributed by atoms with Gasteiger partial charge in [-0.15, -0.1) is 0 Å². The molecule has 5 heteroatoms. The molecular formula is C8H8N2O3. The summed E-state index contributed by atoms with van der Waals surface area (Å²) in [5.41, 5.74) is 0.940. The van der Waals surface area contributed by atoms with Gasteiger partial charge < -0.3 is 5.21 Å². The van der Waals surface area contributed by atoms with Crippen LogP contribution in [-0.4, -0.2) is 17.0 Å². The molecule has 5 nitrogen and oxygen atoms in total. The molecule has 4 N–H and O–H groups in total. The molecule has 0 saturated carbocycles. The topological polar surface area (TPSA) is 92.4 Å². The molecule has 0 aliphatic carbocycles. The summed E-state index contributed by atoms with van der Waals surface area (Å²) in [6, 6.07) is 6.74. The predicted molar refractivity (Wildman–Crippen MR) is 44.2 cm³/mol. The van der Waals surface area contributed by atoms with Gasteiger partial charge in [-0.2, -0.15) is 0 Å². The fourth-order valence-electron chi connectivity index (χ4n) is 1.12. The van der Waals surface area contributed by atoms with Crippen LogP contribution in [0.4, 0.5) is 0 Å². The number of nitrogens with one attached hydrogen (secondary N) is 1. The minimum Gasteiger partial charge on any atom is -0.320 e. The van der Waals surface area contributed by atoms with Crippen LogP contribution in [0, 0.1) is 0 Å². The summed E-state index contributed by atoms with van der Waals surface area (Å²) in [6.07, 6.45) is 0. The van der Waals surface area contributed by atoms with Crippen molar-refractivity contribution in [3.8, 4) is 0 Å². The molecule has 0 spiro atoms. The summed E-state index contributed by atoms with van der Waals surface area (Å²) < 4.78 is 0. The van der Waals surface area contributed by atoms with E-state index in [1.807, 2.05) is 0 Å². The van der Waals surface area contributed by atoms with E-state index >= 15 is 0 Å². The maximum absolute atomic E-state index is 10.9. The number of benzene rings is 1. The van der Waals surface area contributed by atoms with Crippen LogP contribution in [0.2, 0.25) is 0 Å². The zero-order chi connectivity index (χ0) is 9.84. The Bertz CT molecular complexity index is 316. The molecule has 1 heterocycles. The van der Waals surface area contributed by atoms with Gasteiger partial charge in [-0.05, 0) is 12.1 Å². The SMILES string of the molecule is NO.O=C1NC(=O)c2ccccc21. The van der Waals surface area contributed by atoms with Crippen LogP contribution in [0.25, 0.3) is 0 Å². The number of carbonyl (C=O) groups is 2. The lowest BCUT2D eigenvalue weighted by molar-refractivity contribution is 0.0879. The van der Waals surface area contributed by atoms with Crippen molar-refractivity contribution in [2.45, 2.75) is 0 Å². The number of hydrogen-bond acceptors (Lipinski definition) is 4. The van der Waals surface area contributed by atoms with E-state index in [4.69, 9.17) is 5.21 Å². The Balaban J connectivity index is 0.000000396. The highest BCUT2D eigenvalue weighted by Gasteiger charge is 2.25. The predicted octanol–water partition coefficient (Wildman–Crippen LogP) is -0.0955. The van der Waals surface area contributed by atoms with E-state index in [0.29, 0.717) is 11.1 Å². The first-order valence-electron chi connectivity index (χ1n) is 3.49. The van der Waals surface area contributed by atoms with Crippen molar-refractivity contribution in [2.75, 3.05) is 0 Å². The van der Waals surface area contributed by atoms with Gasteiger partial charge in [0.05, 0.1) is 11.1 Å². The minimum absolute atomic E-state index is 0.300. The van der Waals surface area contributed by atoms with Crippen LogP contribution < -0.4 is 11.2 Å². The van der Waals surface area contributed by atoms with Crippen LogP contribution in [0.3, 0.4) is 0 Å². The first-order chi connectivity index (χ1) is 6.29. The van der Waals surface area contributed by atoms with E-state index in [0.717, 1.165) is 0 Å². The molecule has 0 aromatic heterocycles. The Morgan fingerprint density at radius 3 is 1.77 bits per heavy atom. The maximum atomic E-state index is 10.9. The molecule has 0 bridgehead atoms. The molecule has 0 atom stereocenters. The van der Waals surface area contributed by atoms with Crippen molar-refractivity contribution in [1.29, 1.82) is 0 Å². The zero-order valence-corrected chi connectivity index (χ0v) is 6.65. The molecule has 0 unspecified atom stereocenters. The Hall–Kier alpha value is -1.72. The van der Waals surface area contributed by atoms with Crippen LogP contribution in [-0.2, 0) is 0 Å². The highest BCUT2D eigenvalue weighted by atomic mass is 16.4. The molecule has 68 valence electrons. The standard InChI is InChI=1S/C8H5NO2.H3NO/c10-7-5-3-1-2-4-6(5)8(11)9-7;1-2/h1-4H,(H,9,10,11);2H,1H2. The van der Waals surface area contributed by atoms with Gasteiger partial charge in [0, 0.05) is 0 Å². The molecule has 0 saturated heterocycles. The Morgan fingerprint density at radius 1 is 1.00 bits per heavy atom. The van der Waals surface area contributed by atoms with Gasteiger partial charge in [0.1, 0.15) is 0 Å². The first kappa shape index (κ1) is 9.37. The Morgan fingerprint density at radius 2 is 1.38 bits per heavy atom. The summed E-state index contributed by atoms with van der Waals surface area (Å²) in [5, 5.41) is 8.70. The lowest BCUT2D eigenvalue weighted by Gasteiger charge is -1.88. The monoisotopic (exact) mass is 180 g/mol. The summed E-state index contributed by atoms with van der Waals surface area (Å²) in [4.78, 5) is 21.9. The number of carbonyl (C=O) groups excluding carboxylic acids is 2. The third kappa shape index (κ3) is 1.56. The molecule has 2 amide bonds. The molecule has 1 aromatic rings. The summed E-state index contributed by atoms with van der Waals surface area (Å²) in [7, 11) is 0. The van der Waals surface area contributed by atoms with E-state index < -0.39 is 0 Å². The first-order valence-corrected chi connectivity index (χ1v) is 3.49. The highest BCUT2D eigenvalue weighted by Crippen LogP contribution is 2.13. The number of fused-ring (bicyclic) bond motifs is 1. The number of hydrogen-bond donors (Lipinski definition) is 3. The van der Waals surface area contributed by atoms with E-state index in [1.54, 1.807) is 24.3 Å². The highest BCUT2D eigenvalue weighted by molar-refractivity contribution is 6.21. The molecule has 13 heavy (non-hydrogen) atoms. The third-order valence-electron chi connectivity index (χ3n) is 1.64. The normalized spacial score (nSPS) is 12.8. The van der Waals surface area contributed by atoms with Crippen molar-refractivity contribution < 1.29 is 14.8 Å². The lowest BCUT2D eigenvalue weighted by Crippen LogP contribution is -2.19. The second-order valence-corrected chi connectivity index (χ2v) is 2.33. The van der Waals surface area contributed by atoms with Crippen LogP contribution in [0.15, 0.2) is 24.3 Å². The van der Waals surface area contributed by atoms with Crippen molar-refractivity contribution in [3.63, 3.8) is 0 Å². The second kappa shape index (κ2) is 3.79. The average Bonchev–Trinajstić information content (AvgIpc) is 2.47. The van der Waals surface area contributed by atoms with Crippen molar-refractivity contribution >= 4 is 11.8 Å². The van der Waals surface area contributed by atoms with Gasteiger partial charge in [0.2, 0.25) is 0 Å². The van der Waals surface area contributed by atoms with Gasteiger partial charge in [-0.3, -0.25) is 14.9 Å². The van der Waals surface area contributed by atoms with Crippen LogP contribution in [0.1, 0.15) is 20.7 Å². The molecule has 0 fully saturated rings. The molecular weight excluding hydrogens is 172 g/mol. The number of imide groups is 1. The van der Waals surface area contributed by atoms with Gasteiger partial charge in [-0.25, -0.2) is 5.90 Å². The van der Waals surface area contributed by atoms with Crippen molar-refractivity contribution in [3.05, 3.63) is 35.4 Å². The van der Waals surface area contributed by atoms with Gasteiger partial charge >= 0.3 is 0 Å². The summed E-state index contributed by atoms with van der Waals surface area (Å²) in [5.74, 6) is 2.90. The lowest BCUT2D eigenvalue weighted by atomic mass is 10.1. The smallest absolute Gasteiger partial charge is 0.258 e. The van der Waals surface area contributed by atoms with E-state index in [2.05, 4.69) is 11.2 Å². The van der Waals surface area contributed by atoms with E-state index in [1.165, 1.54) is 0 Å². The van der Waals surface area contributed by atoms with E-state index in [-0.39, 0.29) is 11.8 Å². The maximum Gasteiger partial charge on any atom is 0.258 e. The minimum atomic E-state index is -0.300. The van der Waals surface area contributed by atoms with Crippen LogP contribution in [0.5, 0.6) is 0 Å². The second-order valence-electron chi connectivity index (χ2n) is 2.33. The quantitative estimate of drug-likeness (QED) is 0.384. The van der Waals surface area contributed by atoms with Crippen LogP contribution >= 0.6 is 0 Å². The largest absolute Gasteiger partial charge is 0.320 e. The molecule has 1 aromatic carbocycles. The van der Waals surface area contributed by atoms with Gasteiger partial charge in [0.15, 0.2) is 0 Å². The Labute approximate surface area is 74.1 Å². The number of nitrogens with two attached hydrogens (primary N) is 1. The summed E-state index contributed by atoms with van der Waals surface area (Å²) in [6.45, 7) is 0. The Kier molecular flexibility index (Phi) is 2.73. The number of amides is 2. The molecule has 1 aliphatic rings. The molecule has 1 aliphatic heterocycles. The fraction of sp³-hybridized carbons (Fsp3) is 0. The van der Waals surface area contributed by atoms with Crippen molar-refractivity contribution in [2.24, 2.45) is 5.90 Å². The number of rotatable bonds is 0. The third-order valence-corrected chi connectivity index (χ3v) is 1.64. The average molecular weight is 180 g/mol.